The van der Waals surface area contributed by atoms with Gasteiger partial charge in [0.15, 0.2) is 17.5 Å². The molecule has 0 saturated heterocycles. The fraction of sp³-hybridized carbons (Fsp3) is 0. The zero-order chi connectivity index (χ0) is 38.7. The summed E-state index contributed by atoms with van der Waals surface area (Å²) < 4.78 is 0. The summed E-state index contributed by atoms with van der Waals surface area (Å²) in [5, 5.41) is 2.38. The maximum absolute atomic E-state index is 5.14. The molecule has 0 saturated carbocycles. The van der Waals surface area contributed by atoms with Crippen LogP contribution in [0.2, 0.25) is 0 Å². The van der Waals surface area contributed by atoms with E-state index in [0.29, 0.717) is 17.5 Å². The fourth-order valence-electron chi connectivity index (χ4n) is 7.51. The van der Waals surface area contributed by atoms with Crippen molar-refractivity contribution >= 4 is 10.8 Å². The van der Waals surface area contributed by atoms with E-state index >= 15 is 0 Å². The molecule has 0 aliphatic heterocycles. The second kappa shape index (κ2) is 15.4. The summed E-state index contributed by atoms with van der Waals surface area (Å²) in [6.07, 6.45) is 0. The Kier molecular flexibility index (Phi) is 9.18. The third-order valence-corrected chi connectivity index (χ3v) is 10.6. The van der Waals surface area contributed by atoms with Gasteiger partial charge in [-0.15, -0.1) is 0 Å². The molecule has 0 radical (unpaired) electrons. The van der Waals surface area contributed by atoms with E-state index in [1.165, 1.54) is 21.9 Å². The first kappa shape index (κ1) is 34.7. The van der Waals surface area contributed by atoms with Gasteiger partial charge in [-0.05, 0) is 62.4 Å². The molecule has 0 aliphatic carbocycles. The van der Waals surface area contributed by atoms with Crippen LogP contribution in [0.5, 0.6) is 0 Å². The van der Waals surface area contributed by atoms with Crippen molar-refractivity contribution in [3.63, 3.8) is 0 Å². The molecule has 0 unspecified atom stereocenters. The standard InChI is InChI=1S/C54H36N4/c1-5-14-37(15-6-1)47-35-50(41-16-7-2-8-17-41)55-51(36-47)42-29-24-38(25-30-42)46-33-28-39-22-13-23-48(49(39)34-46)40-26-31-45(32-27-40)54-57-52(43-18-9-3-10-19-43)56-53(58-54)44-20-11-4-12-21-44/h1-36H. The van der Waals surface area contributed by atoms with E-state index in [1.54, 1.807) is 0 Å². The summed E-state index contributed by atoms with van der Waals surface area (Å²) in [6.45, 7) is 0. The number of hydrogen-bond donors (Lipinski definition) is 0. The number of hydrogen-bond acceptors (Lipinski definition) is 4. The zero-order valence-electron chi connectivity index (χ0n) is 31.6. The van der Waals surface area contributed by atoms with Gasteiger partial charge in [-0.2, -0.15) is 0 Å². The Morgan fingerprint density at radius 2 is 0.621 bits per heavy atom. The van der Waals surface area contributed by atoms with Crippen molar-refractivity contribution in [2.75, 3.05) is 0 Å². The van der Waals surface area contributed by atoms with Crippen molar-refractivity contribution in [3.05, 3.63) is 218 Å². The molecular formula is C54H36N4. The van der Waals surface area contributed by atoms with E-state index in [0.717, 1.165) is 61.5 Å². The Balaban J connectivity index is 0.976. The summed E-state index contributed by atoms with van der Waals surface area (Å²) in [4.78, 5) is 19.9. The van der Waals surface area contributed by atoms with E-state index in [-0.39, 0.29) is 0 Å². The van der Waals surface area contributed by atoms with Crippen molar-refractivity contribution in [2.24, 2.45) is 0 Å². The highest BCUT2D eigenvalue weighted by Crippen LogP contribution is 2.35. The average molecular weight is 741 g/mol. The highest BCUT2D eigenvalue weighted by Gasteiger charge is 2.14. The second-order valence-corrected chi connectivity index (χ2v) is 14.3. The lowest BCUT2D eigenvalue weighted by Gasteiger charge is -2.12. The molecule has 2 aromatic heterocycles. The zero-order valence-corrected chi connectivity index (χ0v) is 31.6. The van der Waals surface area contributed by atoms with E-state index < -0.39 is 0 Å². The van der Waals surface area contributed by atoms with Crippen LogP contribution in [-0.4, -0.2) is 19.9 Å². The maximum Gasteiger partial charge on any atom is 0.164 e. The van der Waals surface area contributed by atoms with Crippen molar-refractivity contribution < 1.29 is 0 Å². The number of pyridine rings is 1. The summed E-state index contributed by atoms with van der Waals surface area (Å²) in [6, 6.07) is 76.0. The molecule has 4 nitrogen and oxygen atoms in total. The molecule has 8 aromatic carbocycles. The van der Waals surface area contributed by atoms with Crippen LogP contribution in [0.15, 0.2) is 218 Å². The SMILES string of the molecule is c1ccc(-c2cc(-c3ccccc3)nc(-c3ccc(-c4ccc5cccc(-c6ccc(-c7nc(-c8ccccc8)nc(-c8ccccc8)n7)cc6)c5c4)cc3)c2)cc1. The van der Waals surface area contributed by atoms with Crippen molar-refractivity contribution in [1.29, 1.82) is 0 Å². The van der Waals surface area contributed by atoms with Gasteiger partial charge in [-0.3, -0.25) is 0 Å². The quantitative estimate of drug-likeness (QED) is 0.156. The maximum atomic E-state index is 5.14. The molecule has 0 amide bonds. The molecule has 10 aromatic rings. The Hall–Kier alpha value is -7.82. The predicted molar refractivity (Wildman–Crippen MR) is 239 cm³/mol. The first-order valence-corrected chi connectivity index (χ1v) is 19.5. The predicted octanol–water partition coefficient (Wildman–Crippen LogP) is 13.8. The monoisotopic (exact) mass is 740 g/mol. The molecule has 0 spiro atoms. The van der Waals surface area contributed by atoms with Crippen molar-refractivity contribution in [3.8, 4) is 90.1 Å². The Morgan fingerprint density at radius 1 is 0.224 bits per heavy atom. The summed E-state index contributed by atoms with van der Waals surface area (Å²) >= 11 is 0. The number of benzene rings is 8. The third kappa shape index (κ3) is 7.07. The van der Waals surface area contributed by atoms with Gasteiger partial charge >= 0.3 is 0 Å². The molecule has 0 fully saturated rings. The molecule has 0 aliphatic rings. The minimum atomic E-state index is 0.640. The second-order valence-electron chi connectivity index (χ2n) is 14.3. The summed E-state index contributed by atoms with van der Waals surface area (Å²) in [5.41, 5.74) is 13.8. The molecule has 0 N–H and O–H groups in total. The molecular weight excluding hydrogens is 705 g/mol. The average Bonchev–Trinajstić information content (AvgIpc) is 3.32. The molecule has 58 heavy (non-hydrogen) atoms. The van der Waals surface area contributed by atoms with Crippen LogP contribution >= 0.6 is 0 Å². The van der Waals surface area contributed by atoms with Gasteiger partial charge in [0, 0.05) is 27.8 Å². The van der Waals surface area contributed by atoms with Crippen LogP contribution in [0.1, 0.15) is 0 Å². The van der Waals surface area contributed by atoms with Crippen LogP contribution in [0.4, 0.5) is 0 Å². The molecule has 272 valence electrons. The molecule has 0 bridgehead atoms. The first-order valence-electron chi connectivity index (χ1n) is 19.5. The van der Waals surface area contributed by atoms with E-state index in [9.17, 15) is 0 Å². The molecule has 0 atom stereocenters. The highest BCUT2D eigenvalue weighted by atomic mass is 15.0. The van der Waals surface area contributed by atoms with Gasteiger partial charge in [0.05, 0.1) is 11.4 Å². The van der Waals surface area contributed by atoms with Gasteiger partial charge in [-0.25, -0.2) is 19.9 Å². The number of fused-ring (bicyclic) bond motifs is 1. The summed E-state index contributed by atoms with van der Waals surface area (Å²) in [5.74, 6) is 1.94. The largest absolute Gasteiger partial charge is 0.248 e. The van der Waals surface area contributed by atoms with Gasteiger partial charge in [-0.1, -0.05) is 200 Å². The molecule has 4 heteroatoms. The topological polar surface area (TPSA) is 51.6 Å². The number of rotatable bonds is 8. The van der Waals surface area contributed by atoms with Crippen LogP contribution in [-0.2, 0) is 0 Å². The van der Waals surface area contributed by atoms with Crippen molar-refractivity contribution in [1.82, 2.24) is 19.9 Å². The van der Waals surface area contributed by atoms with E-state index in [4.69, 9.17) is 19.9 Å². The van der Waals surface area contributed by atoms with E-state index in [2.05, 4.69) is 152 Å². The highest BCUT2D eigenvalue weighted by molar-refractivity contribution is 5.99. The van der Waals surface area contributed by atoms with Crippen LogP contribution in [0.3, 0.4) is 0 Å². The third-order valence-electron chi connectivity index (χ3n) is 10.6. The molecule has 10 rings (SSSR count). The van der Waals surface area contributed by atoms with E-state index in [1.807, 2.05) is 66.7 Å². The minimum Gasteiger partial charge on any atom is -0.248 e. The first-order chi connectivity index (χ1) is 28.7. The smallest absolute Gasteiger partial charge is 0.164 e. The van der Waals surface area contributed by atoms with Gasteiger partial charge in [0.25, 0.3) is 0 Å². The minimum absolute atomic E-state index is 0.640. The molecule has 2 heterocycles. The number of nitrogens with zero attached hydrogens (tertiary/aromatic N) is 4. The number of aromatic nitrogens is 4. The lowest BCUT2D eigenvalue weighted by molar-refractivity contribution is 1.07. The lowest BCUT2D eigenvalue weighted by atomic mass is 9.94. The normalized spacial score (nSPS) is 11.1. The van der Waals surface area contributed by atoms with Gasteiger partial charge in [0.1, 0.15) is 0 Å². The van der Waals surface area contributed by atoms with Crippen LogP contribution in [0, 0.1) is 0 Å². The Morgan fingerprint density at radius 3 is 1.17 bits per heavy atom. The van der Waals surface area contributed by atoms with Crippen LogP contribution in [0.25, 0.3) is 101 Å². The van der Waals surface area contributed by atoms with Crippen molar-refractivity contribution in [2.45, 2.75) is 0 Å². The van der Waals surface area contributed by atoms with Crippen LogP contribution < -0.4 is 0 Å². The lowest BCUT2D eigenvalue weighted by Crippen LogP contribution is -2.00. The van der Waals surface area contributed by atoms with Gasteiger partial charge in [0.2, 0.25) is 0 Å². The fourth-order valence-corrected chi connectivity index (χ4v) is 7.51. The Bertz CT molecular complexity index is 2890. The van der Waals surface area contributed by atoms with Gasteiger partial charge < -0.3 is 0 Å². The Labute approximate surface area is 337 Å². The summed E-state index contributed by atoms with van der Waals surface area (Å²) in [7, 11) is 0.